The molecule has 2 atom stereocenters. The number of aromatic nitrogens is 1. The van der Waals surface area contributed by atoms with Crippen LogP contribution in [0.5, 0.6) is 5.75 Å². The van der Waals surface area contributed by atoms with Crippen LogP contribution in [-0.4, -0.2) is 50.8 Å². The number of amides is 3. The molecule has 2 bridgehead atoms. The van der Waals surface area contributed by atoms with Crippen molar-refractivity contribution in [3.8, 4) is 5.75 Å². The van der Waals surface area contributed by atoms with E-state index in [0.717, 1.165) is 23.9 Å². The van der Waals surface area contributed by atoms with Crippen molar-refractivity contribution in [1.82, 2.24) is 20.9 Å². The number of halogens is 1. The predicted molar refractivity (Wildman–Crippen MR) is 148 cm³/mol. The molecule has 0 fully saturated rings. The molecule has 0 saturated heterocycles. The van der Waals surface area contributed by atoms with Gasteiger partial charge in [0.25, 0.3) is 11.8 Å². The van der Waals surface area contributed by atoms with E-state index in [1.807, 2.05) is 0 Å². The third kappa shape index (κ3) is 9.57. The first-order valence-electron chi connectivity index (χ1n) is 12.6. The van der Waals surface area contributed by atoms with Gasteiger partial charge in [0.15, 0.2) is 11.2 Å². The van der Waals surface area contributed by atoms with Crippen LogP contribution in [0.4, 0.5) is 4.39 Å². The zero-order valence-corrected chi connectivity index (χ0v) is 23.1. The molecule has 1 aliphatic rings. The number of rotatable bonds is 5. The molecule has 1 aromatic heterocycles. The van der Waals surface area contributed by atoms with Crippen LogP contribution in [0, 0.1) is 5.82 Å². The smallest absolute Gasteiger partial charge is 0.333 e. The Balaban J connectivity index is 1.98. The minimum Gasteiger partial charge on any atom is -0.508 e. The molecule has 0 spiro atoms. The number of benzene rings is 1. The molecule has 0 unspecified atom stereocenters. The number of allylic oxidation sites excluding steroid dienone is 2. The molecule has 216 valence electrons. The van der Waals surface area contributed by atoms with Gasteiger partial charge in [-0.1, -0.05) is 36.0 Å². The van der Waals surface area contributed by atoms with Crippen LogP contribution in [0.25, 0.3) is 0 Å². The number of nitrogens with one attached hydrogen (secondary N) is 3. The molecule has 0 saturated carbocycles. The van der Waals surface area contributed by atoms with E-state index in [0.29, 0.717) is 12.2 Å². The number of aromatic hydroxyl groups is 1. The van der Waals surface area contributed by atoms with Gasteiger partial charge in [-0.05, 0) is 43.2 Å². The molecule has 1 aromatic carbocycles. The van der Waals surface area contributed by atoms with Gasteiger partial charge in [-0.15, -0.1) is 0 Å². The zero-order valence-electron chi connectivity index (χ0n) is 22.3. The average molecular weight is 585 g/mol. The van der Waals surface area contributed by atoms with Gasteiger partial charge < -0.3 is 25.8 Å². The molecule has 1 aliphatic heterocycles. The SMILES string of the molecule is C/C=C1\NC(=O)c2cc(F)cc(n2)CNC(=O)C[C@@H](/C=C/CCSC(C)=O)OC(=O)[C@H](c2ccc(O)cc2)NC1=O. The maximum atomic E-state index is 14.3. The first-order valence-corrected chi connectivity index (χ1v) is 13.6. The fourth-order valence-corrected chi connectivity index (χ4v) is 4.23. The lowest BCUT2D eigenvalue weighted by molar-refractivity contribution is -0.152. The third-order valence-corrected chi connectivity index (χ3v) is 6.50. The summed E-state index contributed by atoms with van der Waals surface area (Å²) in [5, 5.41) is 17.1. The van der Waals surface area contributed by atoms with Crippen LogP contribution in [0.15, 0.2) is 60.3 Å². The Morgan fingerprint density at radius 1 is 1.17 bits per heavy atom. The number of phenols is 1. The molecule has 3 amide bonds. The van der Waals surface area contributed by atoms with E-state index in [4.69, 9.17) is 4.74 Å². The molecule has 2 aromatic rings. The Labute approximate surface area is 239 Å². The highest BCUT2D eigenvalue weighted by Crippen LogP contribution is 2.21. The number of ether oxygens (including phenoxy) is 1. The number of cyclic esters (lactones) is 1. The van der Waals surface area contributed by atoms with E-state index in [1.165, 1.54) is 50.3 Å². The zero-order chi connectivity index (χ0) is 29.9. The maximum Gasteiger partial charge on any atom is 0.333 e. The summed E-state index contributed by atoms with van der Waals surface area (Å²) in [5.74, 6) is -3.58. The fourth-order valence-electron chi connectivity index (χ4n) is 3.69. The topological polar surface area (TPSA) is 164 Å². The number of carbonyl (C=O) groups excluding carboxylic acids is 5. The molecular weight excluding hydrogens is 555 g/mol. The van der Waals surface area contributed by atoms with Crippen molar-refractivity contribution in [3.05, 3.63) is 83.1 Å². The number of carbonyl (C=O) groups is 5. The molecule has 0 aliphatic carbocycles. The number of fused-ring (bicyclic) bond motifs is 2. The second-order valence-electron chi connectivity index (χ2n) is 8.83. The molecule has 4 N–H and O–H groups in total. The minimum absolute atomic E-state index is 0.0489. The number of thioether (sulfide) groups is 1. The standard InChI is InChI=1S/C28H29FN4O7S/c1-3-22-26(37)33-25(17-7-9-20(35)10-8-17)28(39)40-21(6-4-5-11-41-16(2)34)14-24(36)30-15-19-12-18(29)13-23(31-19)27(38)32-22/h3-4,6-10,12-13,21,25,35H,5,11,14-15H2,1-2H3,(H,30,36)(H,32,38)(H,33,37)/b6-4+,22-3-/t21-,25+/m1/s1. The van der Waals surface area contributed by atoms with Gasteiger partial charge in [0, 0.05) is 18.7 Å². The van der Waals surface area contributed by atoms with Gasteiger partial charge >= 0.3 is 5.97 Å². The lowest BCUT2D eigenvalue weighted by Gasteiger charge is -2.22. The predicted octanol–water partition coefficient (Wildman–Crippen LogP) is 2.58. The Morgan fingerprint density at radius 2 is 1.90 bits per heavy atom. The third-order valence-electron chi connectivity index (χ3n) is 5.66. The van der Waals surface area contributed by atoms with Crippen LogP contribution >= 0.6 is 11.8 Å². The molecule has 11 nitrogen and oxygen atoms in total. The van der Waals surface area contributed by atoms with Gasteiger partial charge in [-0.3, -0.25) is 19.2 Å². The summed E-state index contributed by atoms with van der Waals surface area (Å²) < 4.78 is 19.9. The Hall–Kier alpha value is -4.52. The summed E-state index contributed by atoms with van der Waals surface area (Å²) in [4.78, 5) is 67.3. The van der Waals surface area contributed by atoms with Crippen LogP contribution in [-0.2, 0) is 30.5 Å². The summed E-state index contributed by atoms with van der Waals surface area (Å²) >= 11 is 1.12. The lowest BCUT2D eigenvalue weighted by Crippen LogP contribution is -2.41. The van der Waals surface area contributed by atoms with Gasteiger partial charge in [-0.25, -0.2) is 14.2 Å². The number of hydrogen-bond donors (Lipinski definition) is 4. The monoisotopic (exact) mass is 584 g/mol. The lowest BCUT2D eigenvalue weighted by atomic mass is 10.1. The summed E-state index contributed by atoms with van der Waals surface area (Å²) in [7, 11) is 0. The van der Waals surface area contributed by atoms with Crippen LogP contribution in [0.2, 0.25) is 0 Å². The van der Waals surface area contributed by atoms with E-state index in [9.17, 15) is 33.5 Å². The molecule has 0 radical (unpaired) electrons. The second kappa shape index (κ2) is 14.7. The van der Waals surface area contributed by atoms with Gasteiger partial charge in [0.1, 0.15) is 29.1 Å². The van der Waals surface area contributed by atoms with E-state index >= 15 is 0 Å². The maximum absolute atomic E-state index is 14.3. The summed E-state index contributed by atoms with van der Waals surface area (Å²) in [6.45, 7) is 2.71. The molecule has 2 heterocycles. The molecule has 41 heavy (non-hydrogen) atoms. The van der Waals surface area contributed by atoms with E-state index < -0.39 is 41.7 Å². The Morgan fingerprint density at radius 3 is 2.59 bits per heavy atom. The van der Waals surface area contributed by atoms with E-state index in [1.54, 1.807) is 6.08 Å². The van der Waals surface area contributed by atoms with Crippen molar-refractivity contribution < 1.29 is 38.2 Å². The summed E-state index contributed by atoms with van der Waals surface area (Å²) in [6, 6.07) is 5.99. The summed E-state index contributed by atoms with van der Waals surface area (Å²) in [6.07, 6.45) is 3.54. The Kier molecular flexibility index (Phi) is 11.2. The molecule has 13 heteroatoms. The highest BCUT2D eigenvalue weighted by atomic mass is 32.2. The fraction of sp³-hybridized carbons (Fsp3) is 0.286. The van der Waals surface area contributed by atoms with Crippen molar-refractivity contribution in [2.75, 3.05) is 5.75 Å². The van der Waals surface area contributed by atoms with E-state index in [-0.39, 0.29) is 46.5 Å². The van der Waals surface area contributed by atoms with Crippen LogP contribution < -0.4 is 16.0 Å². The number of pyridine rings is 1. The quantitative estimate of drug-likeness (QED) is 0.179. The van der Waals surface area contributed by atoms with Crippen molar-refractivity contribution in [2.45, 2.75) is 45.4 Å². The van der Waals surface area contributed by atoms with Crippen LogP contribution in [0.1, 0.15) is 54.5 Å². The number of phenolic OH excluding ortho intramolecular Hbond substituents is 1. The first-order chi connectivity index (χ1) is 19.5. The Bertz CT molecular complexity index is 1380. The van der Waals surface area contributed by atoms with Gasteiger partial charge in [0.2, 0.25) is 5.91 Å². The number of hydrogen-bond acceptors (Lipinski definition) is 9. The number of nitrogens with zero attached hydrogens (tertiary/aromatic N) is 1. The molecular formula is C28H29FN4O7S. The van der Waals surface area contributed by atoms with Crippen LogP contribution in [0.3, 0.4) is 0 Å². The first kappa shape index (κ1) is 31.0. The van der Waals surface area contributed by atoms with Gasteiger partial charge in [0.05, 0.1) is 18.7 Å². The minimum atomic E-state index is -1.39. The van der Waals surface area contributed by atoms with E-state index in [2.05, 4.69) is 20.9 Å². The van der Waals surface area contributed by atoms with Gasteiger partial charge in [-0.2, -0.15) is 0 Å². The van der Waals surface area contributed by atoms with Crippen molar-refractivity contribution in [1.29, 1.82) is 0 Å². The highest BCUT2D eigenvalue weighted by molar-refractivity contribution is 8.13. The number of esters is 1. The van der Waals surface area contributed by atoms with Crippen molar-refractivity contribution >= 4 is 40.6 Å². The summed E-state index contributed by atoms with van der Waals surface area (Å²) in [5.41, 5.74) is -0.253. The normalized spacial score (nSPS) is 19.8. The second-order valence-corrected chi connectivity index (χ2v) is 10.1. The van der Waals surface area contributed by atoms with Crippen molar-refractivity contribution in [2.24, 2.45) is 0 Å². The average Bonchev–Trinajstić information content (AvgIpc) is 2.92. The highest BCUT2D eigenvalue weighted by Gasteiger charge is 2.29. The van der Waals surface area contributed by atoms with Crippen molar-refractivity contribution in [3.63, 3.8) is 0 Å². The molecule has 3 rings (SSSR count). The largest absolute Gasteiger partial charge is 0.508 e.